The number of hydrogen-bond donors (Lipinski definition) is 0. The molecule has 0 amide bonds. The van der Waals surface area contributed by atoms with Crippen LogP contribution in [0.5, 0.6) is 5.75 Å². The van der Waals surface area contributed by atoms with E-state index in [0.29, 0.717) is 6.07 Å². The average molecular weight is 334 g/mol. The first-order chi connectivity index (χ1) is 10.2. The summed E-state index contributed by atoms with van der Waals surface area (Å²) in [5, 5.41) is 0. The summed E-state index contributed by atoms with van der Waals surface area (Å²) >= 11 is 0. The molecule has 0 bridgehead atoms. The Balaban J connectivity index is 2.19. The molecule has 0 aliphatic carbocycles. The summed E-state index contributed by atoms with van der Waals surface area (Å²) in [7, 11) is -4.20. The van der Waals surface area contributed by atoms with Gasteiger partial charge in [-0.1, -0.05) is 18.2 Å². The molecule has 0 spiro atoms. The van der Waals surface area contributed by atoms with E-state index >= 15 is 0 Å². The number of rotatable bonds is 4. The molecule has 0 unspecified atom stereocenters. The van der Waals surface area contributed by atoms with Crippen LogP contribution >= 0.6 is 0 Å². The van der Waals surface area contributed by atoms with Gasteiger partial charge in [0.25, 0.3) is 0 Å². The van der Waals surface area contributed by atoms with Gasteiger partial charge < -0.3 is 4.18 Å². The molecule has 8 heteroatoms. The number of benzene rings is 2. The van der Waals surface area contributed by atoms with Gasteiger partial charge in [-0.3, -0.25) is 0 Å². The molecule has 0 saturated heterocycles. The minimum absolute atomic E-state index is 0.131. The van der Waals surface area contributed by atoms with E-state index < -0.39 is 39.2 Å². The fourth-order valence-corrected chi connectivity index (χ4v) is 2.77. The Hall–Kier alpha value is -2.09. The number of hydrogen-bond acceptors (Lipinski definition) is 3. The van der Waals surface area contributed by atoms with Gasteiger partial charge in [0.05, 0.1) is 5.56 Å². The third-order valence-electron chi connectivity index (χ3n) is 2.62. The van der Waals surface area contributed by atoms with E-state index in [4.69, 9.17) is 0 Å². The molecule has 0 heterocycles. The van der Waals surface area contributed by atoms with Crippen molar-refractivity contribution in [1.82, 2.24) is 0 Å². The van der Waals surface area contributed by atoms with Crippen LogP contribution in [0.1, 0.15) is 11.1 Å². The second-order valence-corrected chi connectivity index (χ2v) is 6.01. The maximum absolute atomic E-state index is 13.0. The lowest BCUT2D eigenvalue weighted by Gasteiger charge is -2.10. The van der Waals surface area contributed by atoms with E-state index in [1.54, 1.807) is 0 Å². The normalized spacial score (nSPS) is 12.2. The monoisotopic (exact) mass is 334 g/mol. The van der Waals surface area contributed by atoms with E-state index in [-0.39, 0.29) is 5.56 Å². The lowest BCUT2D eigenvalue weighted by molar-refractivity contribution is -0.137. The van der Waals surface area contributed by atoms with Gasteiger partial charge in [-0.25, -0.2) is 4.39 Å². The highest BCUT2D eigenvalue weighted by Crippen LogP contribution is 2.31. The van der Waals surface area contributed by atoms with Crippen molar-refractivity contribution in [1.29, 1.82) is 0 Å². The third kappa shape index (κ3) is 4.45. The molecule has 2 rings (SSSR count). The van der Waals surface area contributed by atoms with E-state index in [9.17, 15) is 26.0 Å². The largest absolute Gasteiger partial charge is 0.416 e. The Morgan fingerprint density at radius 3 is 2.32 bits per heavy atom. The topological polar surface area (TPSA) is 43.4 Å². The Morgan fingerprint density at radius 1 is 1.00 bits per heavy atom. The van der Waals surface area contributed by atoms with Crippen molar-refractivity contribution >= 4 is 10.1 Å². The summed E-state index contributed by atoms with van der Waals surface area (Å²) in [6.45, 7) is 0. The highest BCUT2D eigenvalue weighted by Gasteiger charge is 2.31. The van der Waals surface area contributed by atoms with Gasteiger partial charge in [-0.05, 0) is 35.9 Å². The van der Waals surface area contributed by atoms with E-state index in [1.165, 1.54) is 12.1 Å². The van der Waals surface area contributed by atoms with Crippen LogP contribution < -0.4 is 4.18 Å². The second-order valence-electron chi connectivity index (χ2n) is 4.44. The molecule has 2 aromatic rings. The third-order valence-corrected chi connectivity index (χ3v) is 3.75. The van der Waals surface area contributed by atoms with Gasteiger partial charge in [0.2, 0.25) is 0 Å². The predicted octanol–water partition coefficient (Wildman–Crippen LogP) is 3.75. The summed E-state index contributed by atoms with van der Waals surface area (Å²) in [4.78, 5) is 0. The summed E-state index contributed by atoms with van der Waals surface area (Å²) < 4.78 is 78.9. The van der Waals surface area contributed by atoms with Crippen molar-refractivity contribution in [2.24, 2.45) is 0 Å². The van der Waals surface area contributed by atoms with Crippen LogP contribution in [0.2, 0.25) is 0 Å². The Morgan fingerprint density at radius 2 is 1.68 bits per heavy atom. The van der Waals surface area contributed by atoms with Gasteiger partial charge in [-0.2, -0.15) is 21.6 Å². The average Bonchev–Trinajstić information content (AvgIpc) is 2.36. The Labute approximate surface area is 124 Å². The molecular formula is C14H10F4O3S. The van der Waals surface area contributed by atoms with Crippen LogP contribution in [0.3, 0.4) is 0 Å². The molecule has 0 aliphatic rings. The number of halogens is 4. The summed E-state index contributed by atoms with van der Waals surface area (Å²) in [5.74, 6) is -1.72. The molecule has 0 fully saturated rings. The van der Waals surface area contributed by atoms with E-state index in [2.05, 4.69) is 4.18 Å². The first kappa shape index (κ1) is 16.3. The quantitative estimate of drug-likeness (QED) is 0.632. The molecule has 3 nitrogen and oxygen atoms in total. The minimum atomic E-state index is -4.61. The molecule has 0 saturated carbocycles. The van der Waals surface area contributed by atoms with Crippen molar-refractivity contribution < 1.29 is 30.2 Å². The zero-order chi connectivity index (χ0) is 16.4. The van der Waals surface area contributed by atoms with Crippen molar-refractivity contribution in [3.05, 3.63) is 65.5 Å². The van der Waals surface area contributed by atoms with Crippen LogP contribution in [0.25, 0.3) is 0 Å². The van der Waals surface area contributed by atoms with Crippen LogP contribution in [-0.4, -0.2) is 8.42 Å². The van der Waals surface area contributed by atoms with Crippen LogP contribution in [0.15, 0.2) is 48.5 Å². The van der Waals surface area contributed by atoms with Gasteiger partial charge in [0.1, 0.15) is 17.3 Å². The van der Waals surface area contributed by atoms with E-state index in [1.807, 2.05) is 0 Å². The predicted molar refractivity (Wildman–Crippen MR) is 71.1 cm³/mol. The maximum Gasteiger partial charge on any atom is 0.416 e. The summed E-state index contributed by atoms with van der Waals surface area (Å²) in [6.07, 6.45) is -4.61. The highest BCUT2D eigenvalue weighted by molar-refractivity contribution is 7.86. The van der Waals surface area contributed by atoms with Crippen LogP contribution in [-0.2, 0) is 22.0 Å². The SMILES string of the molecule is O=S(=O)(Cc1cccc(F)c1)Oc1cccc(C(F)(F)F)c1. The van der Waals surface area contributed by atoms with Crippen LogP contribution in [0.4, 0.5) is 17.6 Å². The molecule has 118 valence electrons. The second kappa shape index (κ2) is 5.96. The smallest absolute Gasteiger partial charge is 0.382 e. The molecule has 0 radical (unpaired) electrons. The molecule has 0 aromatic heterocycles. The first-order valence-electron chi connectivity index (χ1n) is 6.00. The number of alkyl halides is 3. The van der Waals surface area contributed by atoms with Crippen molar-refractivity contribution in [3.63, 3.8) is 0 Å². The van der Waals surface area contributed by atoms with Crippen molar-refractivity contribution in [2.45, 2.75) is 11.9 Å². The lowest BCUT2D eigenvalue weighted by Crippen LogP contribution is -2.13. The lowest BCUT2D eigenvalue weighted by atomic mass is 10.2. The summed E-state index contributed by atoms with van der Waals surface area (Å²) in [5.41, 5.74) is -0.891. The first-order valence-corrected chi connectivity index (χ1v) is 7.57. The molecule has 0 N–H and O–H groups in total. The van der Waals surface area contributed by atoms with Crippen molar-refractivity contribution in [3.8, 4) is 5.75 Å². The molecular weight excluding hydrogens is 324 g/mol. The zero-order valence-corrected chi connectivity index (χ0v) is 11.8. The van der Waals surface area contributed by atoms with Crippen LogP contribution in [0, 0.1) is 5.82 Å². The van der Waals surface area contributed by atoms with Gasteiger partial charge >= 0.3 is 16.3 Å². The Bertz CT molecular complexity index is 770. The fourth-order valence-electron chi connectivity index (χ4n) is 1.73. The van der Waals surface area contributed by atoms with Gasteiger partial charge in [-0.15, -0.1) is 0 Å². The van der Waals surface area contributed by atoms with Gasteiger partial charge in [0.15, 0.2) is 0 Å². The Kier molecular flexibility index (Phi) is 4.41. The van der Waals surface area contributed by atoms with Gasteiger partial charge in [0, 0.05) is 0 Å². The van der Waals surface area contributed by atoms with E-state index in [0.717, 1.165) is 30.3 Å². The fraction of sp³-hybridized carbons (Fsp3) is 0.143. The maximum atomic E-state index is 13.0. The molecule has 2 aromatic carbocycles. The van der Waals surface area contributed by atoms with Crippen molar-refractivity contribution in [2.75, 3.05) is 0 Å². The summed E-state index contributed by atoms with van der Waals surface area (Å²) in [6, 6.07) is 8.36. The molecule has 22 heavy (non-hydrogen) atoms. The standard InChI is InChI=1S/C14H10F4O3S/c15-12-5-1-3-10(7-12)9-22(19,20)21-13-6-2-4-11(8-13)14(16,17)18/h1-8H,9H2. The molecule has 0 atom stereocenters. The highest BCUT2D eigenvalue weighted by atomic mass is 32.2. The minimum Gasteiger partial charge on any atom is -0.382 e. The molecule has 0 aliphatic heterocycles. The zero-order valence-electron chi connectivity index (χ0n) is 11.0.